The van der Waals surface area contributed by atoms with Gasteiger partial charge in [-0.05, 0) is 18.6 Å². The summed E-state index contributed by atoms with van der Waals surface area (Å²) in [5.41, 5.74) is 7.18. The highest BCUT2D eigenvalue weighted by Crippen LogP contribution is 2.35. The largest absolute Gasteiger partial charge is 0.326 e. The van der Waals surface area contributed by atoms with Crippen LogP contribution in [-0.4, -0.2) is 21.0 Å². The van der Waals surface area contributed by atoms with E-state index in [1.54, 1.807) is 36.5 Å². The predicted octanol–water partition coefficient (Wildman–Crippen LogP) is 2.44. The zero-order chi connectivity index (χ0) is 12.8. The molecule has 2 unspecified atom stereocenters. The van der Waals surface area contributed by atoms with Crippen LogP contribution in [0.1, 0.15) is 24.3 Å². The molecule has 4 nitrogen and oxygen atoms in total. The molecule has 0 aliphatic heterocycles. The summed E-state index contributed by atoms with van der Waals surface area (Å²) in [7, 11) is 0. The van der Waals surface area contributed by atoms with Gasteiger partial charge >= 0.3 is 0 Å². The van der Waals surface area contributed by atoms with E-state index < -0.39 is 0 Å². The van der Waals surface area contributed by atoms with Crippen LogP contribution in [0.25, 0.3) is 0 Å². The van der Waals surface area contributed by atoms with Gasteiger partial charge in [0.05, 0.1) is 17.1 Å². The summed E-state index contributed by atoms with van der Waals surface area (Å²) < 4.78 is 0. The summed E-state index contributed by atoms with van der Waals surface area (Å²) in [4.78, 5) is 12.7. The maximum Gasteiger partial charge on any atom is 0.115 e. The summed E-state index contributed by atoms with van der Waals surface area (Å²) in [6.07, 6.45) is 7.80. The third kappa shape index (κ3) is 3.27. The van der Waals surface area contributed by atoms with E-state index in [-0.39, 0.29) is 11.3 Å². The van der Waals surface area contributed by atoms with Gasteiger partial charge < -0.3 is 5.73 Å². The van der Waals surface area contributed by atoms with Gasteiger partial charge in [-0.2, -0.15) is 0 Å². The van der Waals surface area contributed by atoms with Crippen LogP contribution in [-0.2, 0) is 0 Å². The fraction of sp³-hybridized carbons (Fsp3) is 0.308. The third-order valence-electron chi connectivity index (χ3n) is 2.63. The first-order chi connectivity index (χ1) is 8.81. The maximum atomic E-state index is 6.19. The SMILES string of the molecule is CCC(N)C(Sc1cnccn1)c1ccccn1. The molecule has 2 atom stereocenters. The molecule has 94 valence electrons. The molecule has 0 saturated carbocycles. The van der Waals surface area contributed by atoms with Gasteiger partial charge in [0.2, 0.25) is 0 Å². The molecule has 2 aromatic rings. The van der Waals surface area contributed by atoms with E-state index >= 15 is 0 Å². The maximum absolute atomic E-state index is 6.19. The van der Waals surface area contributed by atoms with Gasteiger partial charge in [-0.3, -0.25) is 9.97 Å². The molecule has 0 bridgehead atoms. The monoisotopic (exact) mass is 260 g/mol. The Morgan fingerprint density at radius 3 is 2.72 bits per heavy atom. The first kappa shape index (κ1) is 13.0. The van der Waals surface area contributed by atoms with Crippen molar-refractivity contribution in [3.05, 3.63) is 48.7 Å². The molecular formula is C13H16N4S. The van der Waals surface area contributed by atoms with E-state index in [9.17, 15) is 0 Å². The number of thioether (sulfide) groups is 1. The highest BCUT2D eigenvalue weighted by molar-refractivity contribution is 7.99. The predicted molar refractivity (Wildman–Crippen MR) is 73.1 cm³/mol. The lowest BCUT2D eigenvalue weighted by Crippen LogP contribution is -2.26. The van der Waals surface area contributed by atoms with Gasteiger partial charge in [-0.25, -0.2) is 4.98 Å². The molecule has 0 amide bonds. The standard InChI is InChI=1S/C13H16N4S/c1-2-10(14)13(11-5-3-4-6-16-11)18-12-9-15-7-8-17-12/h3-10,13H,2,14H2,1H3. The number of nitrogens with zero attached hydrogens (tertiary/aromatic N) is 3. The van der Waals surface area contributed by atoms with Crippen LogP contribution in [0.3, 0.4) is 0 Å². The summed E-state index contributed by atoms with van der Waals surface area (Å²) in [6.45, 7) is 2.08. The topological polar surface area (TPSA) is 64.7 Å². The van der Waals surface area contributed by atoms with Crippen LogP contribution in [0.5, 0.6) is 0 Å². The molecule has 0 radical (unpaired) electrons. The zero-order valence-corrected chi connectivity index (χ0v) is 11.0. The average molecular weight is 260 g/mol. The molecule has 2 N–H and O–H groups in total. The summed E-state index contributed by atoms with van der Waals surface area (Å²) in [6, 6.07) is 5.94. The normalized spacial score (nSPS) is 14.1. The first-order valence-corrected chi connectivity index (χ1v) is 6.78. The first-order valence-electron chi connectivity index (χ1n) is 5.90. The number of aromatic nitrogens is 3. The molecule has 0 aromatic carbocycles. The third-order valence-corrected chi connectivity index (χ3v) is 3.92. The quantitative estimate of drug-likeness (QED) is 0.836. The number of hydrogen-bond donors (Lipinski definition) is 1. The van der Waals surface area contributed by atoms with Crippen LogP contribution >= 0.6 is 11.8 Å². The van der Waals surface area contributed by atoms with E-state index in [1.807, 2.05) is 18.2 Å². The Morgan fingerprint density at radius 2 is 2.11 bits per heavy atom. The van der Waals surface area contributed by atoms with Crippen molar-refractivity contribution in [2.45, 2.75) is 29.7 Å². The van der Waals surface area contributed by atoms with Crippen molar-refractivity contribution in [1.29, 1.82) is 0 Å². The van der Waals surface area contributed by atoms with Crippen LogP contribution in [0.4, 0.5) is 0 Å². The highest BCUT2D eigenvalue weighted by atomic mass is 32.2. The fourth-order valence-corrected chi connectivity index (χ4v) is 2.73. The van der Waals surface area contributed by atoms with Crippen molar-refractivity contribution in [2.24, 2.45) is 5.73 Å². The van der Waals surface area contributed by atoms with Crippen LogP contribution < -0.4 is 5.73 Å². The van der Waals surface area contributed by atoms with E-state index in [2.05, 4.69) is 21.9 Å². The van der Waals surface area contributed by atoms with Crippen molar-refractivity contribution in [3.63, 3.8) is 0 Å². The fourth-order valence-electron chi connectivity index (χ4n) is 1.60. The molecule has 2 rings (SSSR count). The molecule has 18 heavy (non-hydrogen) atoms. The Kier molecular flexibility index (Phi) is 4.66. The second kappa shape index (κ2) is 6.47. The van der Waals surface area contributed by atoms with E-state index in [0.717, 1.165) is 17.1 Å². The van der Waals surface area contributed by atoms with Gasteiger partial charge in [0.15, 0.2) is 0 Å². The van der Waals surface area contributed by atoms with Crippen molar-refractivity contribution in [3.8, 4) is 0 Å². The number of pyridine rings is 1. The lowest BCUT2D eigenvalue weighted by molar-refractivity contribution is 0.623. The van der Waals surface area contributed by atoms with Crippen LogP contribution in [0, 0.1) is 0 Å². The Bertz CT molecular complexity index is 463. The molecule has 2 aromatic heterocycles. The van der Waals surface area contributed by atoms with E-state index in [4.69, 9.17) is 5.73 Å². The number of nitrogens with two attached hydrogens (primary N) is 1. The Balaban J connectivity index is 2.21. The summed E-state index contributed by atoms with van der Waals surface area (Å²) in [5.74, 6) is 0. The molecule has 0 fully saturated rings. The van der Waals surface area contributed by atoms with Gasteiger partial charge in [-0.1, -0.05) is 24.8 Å². The van der Waals surface area contributed by atoms with E-state index in [0.29, 0.717) is 0 Å². The summed E-state index contributed by atoms with van der Waals surface area (Å²) >= 11 is 1.61. The zero-order valence-electron chi connectivity index (χ0n) is 10.2. The van der Waals surface area contributed by atoms with Gasteiger partial charge in [0.25, 0.3) is 0 Å². The molecular weight excluding hydrogens is 244 g/mol. The molecule has 0 spiro atoms. The van der Waals surface area contributed by atoms with Crippen molar-refractivity contribution in [1.82, 2.24) is 15.0 Å². The van der Waals surface area contributed by atoms with Gasteiger partial charge in [0, 0.05) is 24.6 Å². The van der Waals surface area contributed by atoms with Gasteiger partial charge in [-0.15, -0.1) is 0 Å². The molecule has 0 aliphatic rings. The van der Waals surface area contributed by atoms with Crippen molar-refractivity contribution < 1.29 is 0 Å². The lowest BCUT2D eigenvalue weighted by atomic mass is 10.1. The second-order valence-corrected chi connectivity index (χ2v) is 5.07. The minimum Gasteiger partial charge on any atom is -0.326 e. The van der Waals surface area contributed by atoms with Crippen LogP contribution in [0.15, 0.2) is 48.0 Å². The van der Waals surface area contributed by atoms with Crippen molar-refractivity contribution in [2.75, 3.05) is 0 Å². The number of rotatable bonds is 5. The minimum atomic E-state index is 0.0481. The second-order valence-electron chi connectivity index (χ2n) is 3.91. The average Bonchev–Trinajstić information content (AvgIpc) is 2.46. The Hall–Kier alpha value is -1.46. The molecule has 0 aliphatic carbocycles. The minimum absolute atomic E-state index is 0.0481. The van der Waals surface area contributed by atoms with Crippen LogP contribution in [0.2, 0.25) is 0 Å². The number of hydrogen-bond acceptors (Lipinski definition) is 5. The smallest absolute Gasteiger partial charge is 0.115 e. The molecule has 5 heteroatoms. The van der Waals surface area contributed by atoms with E-state index in [1.165, 1.54) is 0 Å². The lowest BCUT2D eigenvalue weighted by Gasteiger charge is -2.21. The van der Waals surface area contributed by atoms with Gasteiger partial charge in [0.1, 0.15) is 5.03 Å². The van der Waals surface area contributed by atoms with Crippen molar-refractivity contribution >= 4 is 11.8 Å². The summed E-state index contributed by atoms with van der Waals surface area (Å²) in [5, 5.41) is 0.977. The molecule has 0 saturated heterocycles. The Morgan fingerprint density at radius 1 is 1.22 bits per heavy atom. The highest BCUT2D eigenvalue weighted by Gasteiger charge is 2.21. The Labute approximate surface area is 111 Å². The molecule has 2 heterocycles.